The predicted octanol–water partition coefficient (Wildman–Crippen LogP) is 3.41. The third kappa shape index (κ3) is 5.43. The zero-order valence-electron chi connectivity index (χ0n) is 14.9. The van der Waals surface area contributed by atoms with Crippen LogP contribution in [0.15, 0.2) is 63.2 Å². The number of methoxy groups -OCH3 is 1. The lowest BCUT2D eigenvalue weighted by Gasteiger charge is -2.10. The topological polar surface area (TPSA) is 92.2 Å². The van der Waals surface area contributed by atoms with Crippen LogP contribution in [-0.2, 0) is 9.59 Å². The van der Waals surface area contributed by atoms with Crippen LogP contribution < -0.4 is 15.4 Å². The number of halogens is 1. The summed E-state index contributed by atoms with van der Waals surface area (Å²) in [5.74, 6) is 0.0124. The summed E-state index contributed by atoms with van der Waals surface area (Å²) >= 11 is 4.55. The van der Waals surface area contributed by atoms with E-state index in [-0.39, 0.29) is 18.2 Å². The summed E-state index contributed by atoms with van der Waals surface area (Å²) in [7, 11) is 1.53. The molecule has 0 aromatic heterocycles. The van der Waals surface area contributed by atoms with Gasteiger partial charge in [-0.3, -0.25) is 9.59 Å². The first-order valence-electron chi connectivity index (χ1n) is 8.32. The molecule has 1 aliphatic rings. The summed E-state index contributed by atoms with van der Waals surface area (Å²) in [6.45, 7) is 0. The van der Waals surface area contributed by atoms with Gasteiger partial charge in [-0.05, 0) is 29.8 Å². The van der Waals surface area contributed by atoms with Gasteiger partial charge in [-0.1, -0.05) is 52.0 Å². The van der Waals surface area contributed by atoms with E-state index in [1.54, 1.807) is 24.4 Å². The highest BCUT2D eigenvalue weighted by Gasteiger charge is 2.32. The number of anilines is 1. The number of thioether (sulfide) groups is 1. The average molecular weight is 461 g/mol. The van der Waals surface area contributed by atoms with Gasteiger partial charge in [0.05, 0.1) is 19.0 Å². The molecule has 2 aromatic rings. The van der Waals surface area contributed by atoms with Gasteiger partial charge >= 0.3 is 0 Å². The van der Waals surface area contributed by atoms with Gasteiger partial charge in [-0.15, -0.1) is 5.10 Å². The summed E-state index contributed by atoms with van der Waals surface area (Å²) in [5.41, 5.74) is 1.45. The van der Waals surface area contributed by atoms with E-state index in [9.17, 15) is 9.59 Å². The van der Waals surface area contributed by atoms with Crippen molar-refractivity contribution >= 4 is 56.6 Å². The number of hydrogen-bond donors (Lipinski definition) is 2. The van der Waals surface area contributed by atoms with Crippen LogP contribution in [-0.4, -0.2) is 35.6 Å². The van der Waals surface area contributed by atoms with E-state index in [4.69, 9.17) is 4.74 Å². The van der Waals surface area contributed by atoms with Crippen molar-refractivity contribution in [2.24, 2.45) is 10.2 Å². The van der Waals surface area contributed by atoms with Crippen LogP contribution in [0.5, 0.6) is 5.75 Å². The van der Waals surface area contributed by atoms with Crippen molar-refractivity contribution in [1.82, 2.24) is 5.32 Å². The summed E-state index contributed by atoms with van der Waals surface area (Å²) in [6.07, 6.45) is 1.61. The molecule has 0 bridgehead atoms. The number of nitrogens with zero attached hydrogens (tertiary/aromatic N) is 2. The van der Waals surface area contributed by atoms with Crippen LogP contribution in [0, 0.1) is 0 Å². The monoisotopic (exact) mass is 460 g/mol. The molecule has 1 saturated heterocycles. The van der Waals surface area contributed by atoms with Crippen molar-refractivity contribution in [2.75, 3.05) is 12.4 Å². The average Bonchev–Trinajstić information content (AvgIpc) is 3.03. The summed E-state index contributed by atoms with van der Waals surface area (Å²) in [4.78, 5) is 24.4. The fourth-order valence-corrected chi connectivity index (χ4v) is 3.59. The minimum atomic E-state index is -0.559. The summed E-state index contributed by atoms with van der Waals surface area (Å²) in [5, 5.41) is 13.2. The number of ether oxygens (including phenoxy) is 1. The maximum absolute atomic E-state index is 12.3. The third-order valence-electron chi connectivity index (χ3n) is 3.75. The normalized spacial score (nSPS) is 17.7. The Kier molecular flexibility index (Phi) is 6.83. The van der Waals surface area contributed by atoms with Gasteiger partial charge in [0.1, 0.15) is 11.0 Å². The molecule has 1 heterocycles. The van der Waals surface area contributed by atoms with Gasteiger partial charge in [-0.2, -0.15) is 5.10 Å². The molecule has 144 valence electrons. The maximum atomic E-state index is 12.3. The molecule has 1 fully saturated rings. The summed E-state index contributed by atoms with van der Waals surface area (Å²) < 4.78 is 6.18. The van der Waals surface area contributed by atoms with E-state index in [0.717, 1.165) is 10.0 Å². The lowest BCUT2D eigenvalue weighted by Crippen LogP contribution is -2.28. The highest BCUT2D eigenvalue weighted by molar-refractivity contribution is 9.10. The second kappa shape index (κ2) is 9.52. The van der Waals surface area contributed by atoms with E-state index in [2.05, 4.69) is 36.8 Å². The van der Waals surface area contributed by atoms with Crippen molar-refractivity contribution in [3.05, 3.63) is 58.6 Å². The van der Waals surface area contributed by atoms with Gasteiger partial charge < -0.3 is 15.4 Å². The van der Waals surface area contributed by atoms with Crippen LogP contribution in [0.2, 0.25) is 0 Å². The predicted molar refractivity (Wildman–Crippen MR) is 115 cm³/mol. The van der Waals surface area contributed by atoms with Crippen molar-refractivity contribution in [3.8, 4) is 5.75 Å². The molecule has 0 spiro atoms. The number of para-hydroxylation sites is 2. The Hall–Kier alpha value is -2.65. The molecular formula is C19H17BrN4O3S. The first kappa shape index (κ1) is 20.1. The zero-order valence-corrected chi connectivity index (χ0v) is 17.3. The largest absolute Gasteiger partial charge is 0.495 e. The molecule has 28 heavy (non-hydrogen) atoms. The van der Waals surface area contributed by atoms with Crippen molar-refractivity contribution in [3.63, 3.8) is 0 Å². The third-order valence-corrected chi connectivity index (χ3v) is 5.35. The number of amides is 2. The van der Waals surface area contributed by atoms with E-state index in [0.29, 0.717) is 16.6 Å². The van der Waals surface area contributed by atoms with E-state index >= 15 is 0 Å². The number of carbonyl (C=O) groups excluding carboxylic acids is 2. The second-order valence-electron chi connectivity index (χ2n) is 5.75. The van der Waals surface area contributed by atoms with Crippen molar-refractivity contribution in [1.29, 1.82) is 0 Å². The first-order valence-corrected chi connectivity index (χ1v) is 9.99. The Morgan fingerprint density at radius 3 is 2.79 bits per heavy atom. The van der Waals surface area contributed by atoms with Gasteiger partial charge in [0.15, 0.2) is 5.17 Å². The van der Waals surface area contributed by atoms with Crippen molar-refractivity contribution in [2.45, 2.75) is 11.7 Å². The Morgan fingerprint density at radius 2 is 2.04 bits per heavy atom. The number of hydrogen-bond acceptors (Lipinski definition) is 6. The molecule has 2 N–H and O–H groups in total. The highest BCUT2D eigenvalue weighted by atomic mass is 79.9. The first-order chi connectivity index (χ1) is 13.5. The number of rotatable bonds is 6. The fraction of sp³-hybridized carbons (Fsp3) is 0.158. The van der Waals surface area contributed by atoms with Gasteiger partial charge in [0.2, 0.25) is 11.8 Å². The van der Waals surface area contributed by atoms with E-state index in [1.165, 1.54) is 18.9 Å². The Balaban J connectivity index is 1.56. The van der Waals surface area contributed by atoms with E-state index < -0.39 is 5.25 Å². The van der Waals surface area contributed by atoms with Crippen LogP contribution in [0.1, 0.15) is 12.0 Å². The minimum Gasteiger partial charge on any atom is -0.495 e. The SMILES string of the molecule is COc1ccccc1NC(=O)CC1SC(=NN=Cc2ccc(Br)cc2)NC1=O. The lowest BCUT2D eigenvalue weighted by atomic mass is 10.2. The molecule has 0 aliphatic carbocycles. The van der Waals surface area contributed by atoms with Crippen LogP contribution >= 0.6 is 27.7 Å². The molecule has 3 rings (SSSR count). The van der Waals surface area contributed by atoms with E-state index in [1.807, 2.05) is 30.3 Å². The number of amidine groups is 1. The molecule has 1 aliphatic heterocycles. The van der Waals surface area contributed by atoms with Crippen LogP contribution in [0.4, 0.5) is 5.69 Å². The molecule has 9 heteroatoms. The molecule has 1 atom stereocenters. The maximum Gasteiger partial charge on any atom is 0.240 e. The second-order valence-corrected chi connectivity index (χ2v) is 7.86. The Labute approximate surface area is 174 Å². The molecule has 7 nitrogen and oxygen atoms in total. The van der Waals surface area contributed by atoms with Crippen LogP contribution in [0.25, 0.3) is 0 Å². The molecule has 1 unspecified atom stereocenters. The molecule has 0 radical (unpaired) electrons. The van der Waals surface area contributed by atoms with Crippen LogP contribution in [0.3, 0.4) is 0 Å². The summed E-state index contributed by atoms with van der Waals surface area (Å²) in [6, 6.07) is 14.7. The van der Waals surface area contributed by atoms with Gasteiger partial charge in [0.25, 0.3) is 0 Å². The molecule has 0 saturated carbocycles. The Bertz CT molecular complexity index is 931. The lowest BCUT2D eigenvalue weighted by molar-refractivity contribution is -0.122. The standard InChI is InChI=1S/C19H17BrN4O3S/c1-27-15-5-3-2-4-14(15)22-17(25)10-16-18(26)23-19(28-16)24-21-11-12-6-8-13(20)9-7-12/h2-9,11,16H,10H2,1H3,(H,22,25)(H,23,24,26). The number of nitrogens with one attached hydrogen (secondary N) is 2. The number of benzene rings is 2. The zero-order chi connectivity index (χ0) is 19.9. The Morgan fingerprint density at radius 1 is 1.29 bits per heavy atom. The number of carbonyl (C=O) groups is 2. The van der Waals surface area contributed by atoms with Crippen molar-refractivity contribution < 1.29 is 14.3 Å². The minimum absolute atomic E-state index is 0.0179. The molecular weight excluding hydrogens is 444 g/mol. The van der Waals surface area contributed by atoms with Gasteiger partial charge in [-0.25, -0.2) is 0 Å². The smallest absolute Gasteiger partial charge is 0.240 e. The fourth-order valence-electron chi connectivity index (χ4n) is 2.40. The quantitative estimate of drug-likeness (QED) is 0.510. The highest BCUT2D eigenvalue weighted by Crippen LogP contribution is 2.26. The molecule has 2 aromatic carbocycles. The molecule has 2 amide bonds. The van der Waals surface area contributed by atoms with Gasteiger partial charge in [0, 0.05) is 10.9 Å².